The predicted molar refractivity (Wildman–Crippen MR) is 92.6 cm³/mol. The molecule has 1 N–H and O–H groups in total. The van der Waals surface area contributed by atoms with E-state index in [2.05, 4.69) is 32.7 Å². The van der Waals surface area contributed by atoms with E-state index in [0.29, 0.717) is 11.4 Å². The normalized spacial score (nSPS) is 11.0. The number of hydrogen-bond donors (Lipinski definition) is 1. The molecule has 0 aliphatic heterocycles. The third-order valence-corrected chi connectivity index (χ3v) is 4.52. The Morgan fingerprint density at radius 1 is 1.00 bits per heavy atom. The molecule has 4 rings (SSSR count). The first-order chi connectivity index (χ1) is 11.3. The SMILES string of the molecule is Clc1ccccc1Nc1nn2c(Cc3ccccc3)nnc2s1. The second kappa shape index (κ2) is 5.98. The van der Waals surface area contributed by atoms with Gasteiger partial charge < -0.3 is 5.32 Å². The highest BCUT2D eigenvalue weighted by Crippen LogP contribution is 2.27. The molecule has 0 atom stereocenters. The molecule has 2 aromatic heterocycles. The first-order valence-electron chi connectivity index (χ1n) is 7.06. The molecule has 5 nitrogen and oxygen atoms in total. The van der Waals surface area contributed by atoms with Crippen molar-refractivity contribution in [2.75, 3.05) is 5.32 Å². The molecule has 4 aromatic rings. The van der Waals surface area contributed by atoms with Crippen molar-refractivity contribution in [1.82, 2.24) is 19.8 Å². The molecule has 0 amide bonds. The smallest absolute Gasteiger partial charge is 0.236 e. The fourth-order valence-corrected chi connectivity index (χ4v) is 3.23. The molecule has 0 saturated heterocycles. The van der Waals surface area contributed by atoms with Gasteiger partial charge >= 0.3 is 0 Å². The summed E-state index contributed by atoms with van der Waals surface area (Å²) in [7, 11) is 0. The first kappa shape index (κ1) is 14.2. The summed E-state index contributed by atoms with van der Waals surface area (Å²) in [6.45, 7) is 0. The van der Waals surface area contributed by atoms with E-state index in [1.807, 2.05) is 42.5 Å². The molecule has 0 unspecified atom stereocenters. The highest BCUT2D eigenvalue weighted by Gasteiger charge is 2.12. The van der Waals surface area contributed by atoms with Crippen LogP contribution in [-0.2, 0) is 6.42 Å². The number of halogens is 1. The number of nitrogens with one attached hydrogen (secondary N) is 1. The lowest BCUT2D eigenvalue weighted by molar-refractivity contribution is 0.854. The van der Waals surface area contributed by atoms with Crippen LogP contribution < -0.4 is 5.32 Å². The minimum Gasteiger partial charge on any atom is -0.329 e. The van der Waals surface area contributed by atoms with Crippen LogP contribution in [0.3, 0.4) is 0 Å². The summed E-state index contributed by atoms with van der Waals surface area (Å²) < 4.78 is 1.77. The summed E-state index contributed by atoms with van der Waals surface area (Å²) in [6.07, 6.45) is 0.692. The van der Waals surface area contributed by atoms with Crippen LogP contribution in [0.5, 0.6) is 0 Å². The van der Waals surface area contributed by atoms with E-state index in [-0.39, 0.29) is 0 Å². The Morgan fingerprint density at radius 3 is 2.61 bits per heavy atom. The number of rotatable bonds is 4. The molecule has 0 aliphatic carbocycles. The van der Waals surface area contributed by atoms with Crippen LogP contribution in [0.4, 0.5) is 10.8 Å². The van der Waals surface area contributed by atoms with Gasteiger partial charge in [0.2, 0.25) is 10.1 Å². The van der Waals surface area contributed by atoms with E-state index in [0.717, 1.165) is 21.6 Å². The van der Waals surface area contributed by atoms with E-state index >= 15 is 0 Å². The lowest BCUT2D eigenvalue weighted by atomic mass is 10.1. The van der Waals surface area contributed by atoms with Gasteiger partial charge in [-0.2, -0.15) is 4.52 Å². The third-order valence-electron chi connectivity index (χ3n) is 3.38. The first-order valence-corrected chi connectivity index (χ1v) is 8.25. The van der Waals surface area contributed by atoms with Crippen molar-refractivity contribution in [3.63, 3.8) is 0 Å². The van der Waals surface area contributed by atoms with Crippen molar-refractivity contribution in [3.05, 3.63) is 71.0 Å². The average molecular weight is 342 g/mol. The van der Waals surface area contributed by atoms with Crippen LogP contribution in [-0.4, -0.2) is 19.8 Å². The fourth-order valence-electron chi connectivity index (χ4n) is 2.27. The lowest BCUT2D eigenvalue weighted by Crippen LogP contribution is -1.98. The largest absolute Gasteiger partial charge is 0.329 e. The van der Waals surface area contributed by atoms with E-state index in [1.54, 1.807) is 4.52 Å². The van der Waals surface area contributed by atoms with Gasteiger partial charge in [-0.05, 0) is 17.7 Å². The van der Waals surface area contributed by atoms with Crippen molar-refractivity contribution < 1.29 is 0 Å². The maximum Gasteiger partial charge on any atom is 0.236 e. The van der Waals surface area contributed by atoms with Gasteiger partial charge in [-0.25, -0.2) is 0 Å². The van der Waals surface area contributed by atoms with E-state index in [4.69, 9.17) is 11.6 Å². The van der Waals surface area contributed by atoms with Crippen LogP contribution in [0.1, 0.15) is 11.4 Å². The summed E-state index contributed by atoms with van der Waals surface area (Å²) in [6, 6.07) is 17.7. The number of benzene rings is 2. The summed E-state index contributed by atoms with van der Waals surface area (Å²) in [5.41, 5.74) is 2.00. The number of anilines is 2. The third kappa shape index (κ3) is 2.91. The molecule has 0 radical (unpaired) electrons. The van der Waals surface area contributed by atoms with Gasteiger partial charge in [0, 0.05) is 6.42 Å². The monoisotopic (exact) mass is 341 g/mol. The number of aromatic nitrogens is 4. The minimum atomic E-state index is 0.656. The van der Waals surface area contributed by atoms with Gasteiger partial charge in [0.25, 0.3) is 0 Å². The van der Waals surface area contributed by atoms with E-state index < -0.39 is 0 Å². The maximum atomic E-state index is 6.16. The highest BCUT2D eigenvalue weighted by molar-refractivity contribution is 7.20. The summed E-state index contributed by atoms with van der Waals surface area (Å²) in [5, 5.41) is 17.6. The van der Waals surface area contributed by atoms with E-state index in [1.165, 1.54) is 16.9 Å². The molecule has 0 bridgehead atoms. The number of fused-ring (bicyclic) bond motifs is 1. The zero-order chi connectivity index (χ0) is 15.6. The molecule has 0 fully saturated rings. The van der Waals surface area contributed by atoms with Gasteiger partial charge in [-0.3, -0.25) is 0 Å². The van der Waals surface area contributed by atoms with E-state index in [9.17, 15) is 0 Å². The summed E-state index contributed by atoms with van der Waals surface area (Å²) in [5.74, 6) is 0.814. The molecule has 0 saturated carbocycles. The quantitative estimate of drug-likeness (QED) is 0.605. The van der Waals surface area contributed by atoms with Crippen LogP contribution in [0.2, 0.25) is 5.02 Å². The molecule has 2 heterocycles. The van der Waals surface area contributed by atoms with Gasteiger partial charge in [-0.15, -0.1) is 15.3 Å². The molecule has 2 aromatic carbocycles. The van der Waals surface area contributed by atoms with Crippen molar-refractivity contribution in [3.8, 4) is 0 Å². The number of para-hydroxylation sites is 1. The van der Waals surface area contributed by atoms with Crippen LogP contribution in [0.25, 0.3) is 4.96 Å². The van der Waals surface area contributed by atoms with Gasteiger partial charge in [0.05, 0.1) is 10.7 Å². The Labute approximate surface area is 141 Å². The van der Waals surface area contributed by atoms with Crippen LogP contribution >= 0.6 is 22.9 Å². The van der Waals surface area contributed by atoms with Crippen LogP contribution in [0.15, 0.2) is 54.6 Å². The Balaban J connectivity index is 1.63. The molecule has 114 valence electrons. The van der Waals surface area contributed by atoms with Crippen molar-refractivity contribution in [2.45, 2.75) is 6.42 Å². The van der Waals surface area contributed by atoms with Gasteiger partial charge in [0.1, 0.15) is 0 Å². The second-order valence-electron chi connectivity index (χ2n) is 4.99. The average Bonchev–Trinajstić information content (AvgIpc) is 3.12. The summed E-state index contributed by atoms with van der Waals surface area (Å²) >= 11 is 7.61. The zero-order valence-corrected chi connectivity index (χ0v) is 13.6. The molecule has 23 heavy (non-hydrogen) atoms. The van der Waals surface area contributed by atoms with Crippen molar-refractivity contribution >= 4 is 38.7 Å². The second-order valence-corrected chi connectivity index (χ2v) is 6.35. The Hall–Kier alpha value is -2.44. The molecular formula is C16H12ClN5S. The minimum absolute atomic E-state index is 0.656. The zero-order valence-electron chi connectivity index (χ0n) is 12.0. The predicted octanol–water partition coefficient (Wildman–Crippen LogP) is 4.17. The molecule has 7 heteroatoms. The Morgan fingerprint density at radius 2 is 1.78 bits per heavy atom. The Bertz CT molecular complexity index is 947. The van der Waals surface area contributed by atoms with Crippen molar-refractivity contribution in [2.24, 2.45) is 0 Å². The van der Waals surface area contributed by atoms with Gasteiger partial charge in [0.15, 0.2) is 5.82 Å². The number of nitrogens with zero attached hydrogens (tertiary/aromatic N) is 4. The standard InChI is InChI=1S/C16H12ClN5S/c17-12-8-4-5-9-13(12)18-15-21-22-14(19-20-16(22)23-15)10-11-6-2-1-3-7-11/h1-9H,10H2,(H,18,21). The maximum absolute atomic E-state index is 6.16. The summed E-state index contributed by atoms with van der Waals surface area (Å²) in [4.78, 5) is 0.755. The highest BCUT2D eigenvalue weighted by atomic mass is 35.5. The number of hydrogen-bond acceptors (Lipinski definition) is 5. The molecule has 0 aliphatic rings. The Kier molecular flexibility index (Phi) is 3.69. The topological polar surface area (TPSA) is 55.1 Å². The molecule has 0 spiro atoms. The van der Waals surface area contributed by atoms with Gasteiger partial charge in [-0.1, -0.05) is 65.4 Å². The molecular weight excluding hydrogens is 330 g/mol. The van der Waals surface area contributed by atoms with Crippen LogP contribution in [0, 0.1) is 0 Å². The van der Waals surface area contributed by atoms with Crippen molar-refractivity contribution in [1.29, 1.82) is 0 Å². The lowest BCUT2D eigenvalue weighted by Gasteiger charge is -2.03. The fraction of sp³-hybridized carbons (Fsp3) is 0.0625.